The van der Waals surface area contributed by atoms with E-state index < -0.39 is 0 Å². The largest absolute Gasteiger partial charge is 0.497 e. The van der Waals surface area contributed by atoms with Gasteiger partial charge in [0.05, 0.1) is 20.1 Å². The molecule has 1 aliphatic rings. The zero-order valence-electron chi connectivity index (χ0n) is 16.3. The molecule has 28 heavy (non-hydrogen) atoms. The Bertz CT molecular complexity index is 800. The van der Waals surface area contributed by atoms with Gasteiger partial charge in [0.25, 0.3) is 0 Å². The van der Waals surface area contributed by atoms with Crippen molar-refractivity contribution in [2.75, 3.05) is 27.3 Å². The third-order valence-electron chi connectivity index (χ3n) is 4.98. The third kappa shape index (κ3) is 5.03. The van der Waals surface area contributed by atoms with Crippen LogP contribution in [0.2, 0.25) is 0 Å². The minimum absolute atomic E-state index is 0.0409. The number of nitrogens with zero attached hydrogens (tertiary/aromatic N) is 1. The maximum Gasteiger partial charge on any atom is 0.225 e. The van der Waals surface area contributed by atoms with Gasteiger partial charge in [0, 0.05) is 32.1 Å². The van der Waals surface area contributed by atoms with E-state index in [9.17, 15) is 9.59 Å². The van der Waals surface area contributed by atoms with Crippen molar-refractivity contribution in [3.8, 4) is 11.5 Å². The SMILES string of the molecule is COc1cc(CNC(=O)[C@@H]2CC(=O)N(CCc3ccccc3)C2)cc(OC)c1. The molecule has 1 fully saturated rings. The first kappa shape index (κ1) is 19.7. The molecule has 2 amide bonds. The Labute approximate surface area is 165 Å². The van der Waals surface area contributed by atoms with Gasteiger partial charge in [-0.1, -0.05) is 30.3 Å². The normalized spacial score (nSPS) is 16.1. The highest BCUT2D eigenvalue weighted by molar-refractivity contribution is 5.89. The average Bonchev–Trinajstić information content (AvgIpc) is 3.11. The lowest BCUT2D eigenvalue weighted by molar-refractivity contribution is -0.129. The van der Waals surface area contributed by atoms with E-state index in [0.29, 0.717) is 31.1 Å². The number of benzene rings is 2. The minimum Gasteiger partial charge on any atom is -0.497 e. The predicted molar refractivity (Wildman–Crippen MR) is 106 cm³/mol. The van der Waals surface area contributed by atoms with Gasteiger partial charge in [0.1, 0.15) is 11.5 Å². The Balaban J connectivity index is 1.52. The summed E-state index contributed by atoms with van der Waals surface area (Å²) in [6.07, 6.45) is 1.06. The summed E-state index contributed by atoms with van der Waals surface area (Å²) >= 11 is 0. The van der Waals surface area contributed by atoms with Gasteiger partial charge in [0.2, 0.25) is 11.8 Å². The van der Waals surface area contributed by atoms with Crippen LogP contribution in [0.15, 0.2) is 48.5 Å². The number of rotatable bonds is 8. The van der Waals surface area contributed by atoms with Crippen LogP contribution in [0.5, 0.6) is 11.5 Å². The molecule has 0 saturated carbocycles. The Morgan fingerprint density at radius 2 is 1.75 bits per heavy atom. The molecule has 0 aliphatic carbocycles. The Morgan fingerprint density at radius 1 is 1.07 bits per heavy atom. The highest BCUT2D eigenvalue weighted by Crippen LogP contribution is 2.23. The summed E-state index contributed by atoms with van der Waals surface area (Å²) in [4.78, 5) is 26.6. The molecule has 0 radical (unpaired) electrons. The second-order valence-electron chi connectivity index (χ2n) is 6.92. The Kier molecular flexibility index (Phi) is 6.53. The summed E-state index contributed by atoms with van der Waals surface area (Å²) in [7, 11) is 3.18. The van der Waals surface area contributed by atoms with Gasteiger partial charge in [-0.05, 0) is 29.7 Å². The summed E-state index contributed by atoms with van der Waals surface area (Å²) in [5.74, 6) is 0.978. The van der Waals surface area contributed by atoms with E-state index >= 15 is 0 Å². The van der Waals surface area contributed by atoms with Gasteiger partial charge >= 0.3 is 0 Å². The summed E-state index contributed by atoms with van der Waals surface area (Å²) in [5, 5.41) is 2.93. The Hall–Kier alpha value is -3.02. The number of methoxy groups -OCH3 is 2. The van der Waals surface area contributed by atoms with Gasteiger partial charge in [0.15, 0.2) is 0 Å². The van der Waals surface area contributed by atoms with E-state index in [0.717, 1.165) is 12.0 Å². The lowest BCUT2D eigenvalue weighted by Gasteiger charge is -2.16. The van der Waals surface area contributed by atoms with Gasteiger partial charge in [-0.15, -0.1) is 0 Å². The van der Waals surface area contributed by atoms with Crippen LogP contribution in [0.1, 0.15) is 17.5 Å². The fourth-order valence-corrected chi connectivity index (χ4v) is 3.37. The van der Waals surface area contributed by atoms with Crippen LogP contribution in [0.25, 0.3) is 0 Å². The lowest BCUT2D eigenvalue weighted by atomic mass is 10.1. The van der Waals surface area contributed by atoms with Crippen molar-refractivity contribution in [2.24, 2.45) is 5.92 Å². The molecule has 1 aliphatic heterocycles. The van der Waals surface area contributed by atoms with Crippen molar-refractivity contribution in [3.63, 3.8) is 0 Å². The number of carbonyl (C=O) groups is 2. The molecular weight excluding hydrogens is 356 g/mol. The number of likely N-dealkylation sites (tertiary alicyclic amines) is 1. The van der Waals surface area contributed by atoms with E-state index in [2.05, 4.69) is 5.32 Å². The maximum absolute atomic E-state index is 12.5. The van der Waals surface area contributed by atoms with Crippen LogP contribution in [0.3, 0.4) is 0 Å². The van der Waals surface area contributed by atoms with Gasteiger partial charge in [-0.3, -0.25) is 9.59 Å². The first-order valence-corrected chi connectivity index (χ1v) is 9.40. The van der Waals surface area contributed by atoms with E-state index in [-0.39, 0.29) is 24.2 Å². The molecule has 3 rings (SSSR count). The topological polar surface area (TPSA) is 67.9 Å². The second-order valence-corrected chi connectivity index (χ2v) is 6.92. The molecule has 2 aromatic carbocycles. The quantitative estimate of drug-likeness (QED) is 0.761. The molecule has 1 heterocycles. The van der Waals surface area contributed by atoms with Crippen LogP contribution in [-0.4, -0.2) is 44.0 Å². The number of nitrogens with one attached hydrogen (secondary N) is 1. The van der Waals surface area contributed by atoms with Crippen molar-refractivity contribution < 1.29 is 19.1 Å². The summed E-state index contributed by atoms with van der Waals surface area (Å²) in [6.45, 7) is 1.47. The van der Waals surface area contributed by atoms with Crippen LogP contribution in [-0.2, 0) is 22.6 Å². The molecule has 1 atom stereocenters. The number of amides is 2. The van der Waals surface area contributed by atoms with E-state index in [1.165, 1.54) is 5.56 Å². The molecule has 6 nitrogen and oxygen atoms in total. The molecule has 1 N–H and O–H groups in total. The zero-order chi connectivity index (χ0) is 19.9. The van der Waals surface area contributed by atoms with Crippen molar-refractivity contribution in [1.29, 1.82) is 0 Å². The first-order chi connectivity index (χ1) is 13.6. The standard InChI is InChI=1S/C22H26N2O4/c1-27-19-10-17(11-20(13-19)28-2)14-23-22(26)18-12-21(25)24(15-18)9-8-16-6-4-3-5-7-16/h3-7,10-11,13,18H,8-9,12,14-15H2,1-2H3,(H,23,26)/t18-/m1/s1. The van der Waals surface area contributed by atoms with Crippen LogP contribution in [0.4, 0.5) is 0 Å². The molecule has 0 spiro atoms. The fourth-order valence-electron chi connectivity index (χ4n) is 3.37. The zero-order valence-corrected chi connectivity index (χ0v) is 16.3. The fraction of sp³-hybridized carbons (Fsp3) is 0.364. The van der Waals surface area contributed by atoms with Gasteiger partial charge < -0.3 is 19.7 Å². The summed E-state index contributed by atoms with van der Waals surface area (Å²) in [6, 6.07) is 15.5. The monoisotopic (exact) mass is 382 g/mol. The predicted octanol–water partition coefficient (Wildman–Crippen LogP) is 2.41. The van der Waals surface area contributed by atoms with E-state index in [1.54, 1.807) is 25.2 Å². The first-order valence-electron chi connectivity index (χ1n) is 9.40. The number of hydrogen-bond acceptors (Lipinski definition) is 4. The van der Waals surface area contributed by atoms with Crippen molar-refractivity contribution in [2.45, 2.75) is 19.4 Å². The van der Waals surface area contributed by atoms with E-state index in [4.69, 9.17) is 9.47 Å². The second kappa shape index (κ2) is 9.26. The van der Waals surface area contributed by atoms with Crippen LogP contribution >= 0.6 is 0 Å². The van der Waals surface area contributed by atoms with Crippen LogP contribution in [0, 0.1) is 5.92 Å². The highest BCUT2D eigenvalue weighted by Gasteiger charge is 2.33. The summed E-state index contributed by atoms with van der Waals surface area (Å²) < 4.78 is 10.5. The Morgan fingerprint density at radius 3 is 2.39 bits per heavy atom. The van der Waals surface area contributed by atoms with Gasteiger partial charge in [-0.25, -0.2) is 0 Å². The molecule has 2 aromatic rings. The molecule has 0 bridgehead atoms. The number of hydrogen-bond donors (Lipinski definition) is 1. The number of ether oxygens (including phenoxy) is 2. The molecule has 6 heteroatoms. The third-order valence-corrected chi connectivity index (χ3v) is 4.98. The molecule has 0 unspecified atom stereocenters. The number of carbonyl (C=O) groups excluding carboxylic acids is 2. The molecule has 148 valence electrons. The minimum atomic E-state index is -0.309. The smallest absolute Gasteiger partial charge is 0.225 e. The molecular formula is C22H26N2O4. The van der Waals surface area contributed by atoms with Crippen molar-refractivity contribution in [3.05, 3.63) is 59.7 Å². The molecule has 0 aromatic heterocycles. The van der Waals surface area contributed by atoms with Crippen molar-refractivity contribution in [1.82, 2.24) is 10.2 Å². The highest BCUT2D eigenvalue weighted by atomic mass is 16.5. The molecule has 1 saturated heterocycles. The summed E-state index contributed by atoms with van der Waals surface area (Å²) in [5.41, 5.74) is 2.07. The van der Waals surface area contributed by atoms with Crippen molar-refractivity contribution >= 4 is 11.8 Å². The van der Waals surface area contributed by atoms with Gasteiger partial charge in [-0.2, -0.15) is 0 Å². The van der Waals surface area contributed by atoms with Crippen LogP contribution < -0.4 is 14.8 Å². The average molecular weight is 382 g/mol. The lowest BCUT2D eigenvalue weighted by Crippen LogP contribution is -2.33. The maximum atomic E-state index is 12.5. The van der Waals surface area contributed by atoms with E-state index in [1.807, 2.05) is 42.5 Å².